The van der Waals surface area contributed by atoms with Gasteiger partial charge in [-0.05, 0) is 18.9 Å². The van der Waals surface area contributed by atoms with E-state index in [0.29, 0.717) is 12.8 Å². The maximum absolute atomic E-state index is 13.4. The lowest BCUT2D eigenvalue weighted by molar-refractivity contribution is 0.0689. The summed E-state index contributed by atoms with van der Waals surface area (Å²) in [6.07, 6.45) is 0.742. The highest BCUT2D eigenvalue weighted by Crippen LogP contribution is 2.46. The molecule has 0 saturated heterocycles. The smallest absolute Gasteiger partial charge is 0.338 e. The van der Waals surface area contributed by atoms with Crippen LogP contribution in [0.2, 0.25) is 0 Å². The molecular formula is C10H8F2O3. The molecule has 0 atom stereocenters. The average Bonchev–Trinajstić information content (AvgIpc) is 2.88. The number of carboxylic acid groups (broad SMARTS) is 1. The molecule has 5 heteroatoms. The number of hydrogen-bond donors (Lipinski definition) is 2. The van der Waals surface area contributed by atoms with E-state index >= 15 is 0 Å². The Morgan fingerprint density at radius 2 is 1.87 bits per heavy atom. The average molecular weight is 214 g/mol. The summed E-state index contributed by atoms with van der Waals surface area (Å²) in [5.74, 6) is -4.21. The highest BCUT2D eigenvalue weighted by atomic mass is 19.2. The van der Waals surface area contributed by atoms with Crippen LogP contribution in [0.1, 0.15) is 28.8 Å². The van der Waals surface area contributed by atoms with Gasteiger partial charge in [0.05, 0.1) is 11.2 Å². The largest absolute Gasteiger partial charge is 0.478 e. The Bertz CT molecular complexity index is 439. The summed E-state index contributed by atoms with van der Waals surface area (Å²) >= 11 is 0. The van der Waals surface area contributed by atoms with Gasteiger partial charge in [-0.2, -0.15) is 0 Å². The van der Waals surface area contributed by atoms with Gasteiger partial charge < -0.3 is 10.2 Å². The van der Waals surface area contributed by atoms with Gasteiger partial charge in [0.1, 0.15) is 0 Å². The first-order valence-corrected chi connectivity index (χ1v) is 4.40. The van der Waals surface area contributed by atoms with Gasteiger partial charge in [-0.1, -0.05) is 6.07 Å². The van der Waals surface area contributed by atoms with Gasteiger partial charge in [-0.25, -0.2) is 13.6 Å². The molecule has 0 radical (unpaired) electrons. The second-order valence-electron chi connectivity index (χ2n) is 3.63. The molecule has 0 unspecified atom stereocenters. The zero-order chi connectivity index (χ0) is 11.2. The molecule has 1 fully saturated rings. The summed E-state index contributed by atoms with van der Waals surface area (Å²) in [5, 5.41) is 18.1. The highest BCUT2D eigenvalue weighted by molar-refractivity contribution is 5.88. The van der Waals surface area contributed by atoms with E-state index in [1.807, 2.05) is 0 Å². The van der Waals surface area contributed by atoms with Crippen molar-refractivity contribution in [1.82, 2.24) is 0 Å². The fourth-order valence-corrected chi connectivity index (χ4v) is 1.46. The molecule has 0 heterocycles. The van der Waals surface area contributed by atoms with Crippen LogP contribution in [0.4, 0.5) is 8.78 Å². The molecule has 2 N–H and O–H groups in total. The van der Waals surface area contributed by atoms with Crippen molar-refractivity contribution in [2.45, 2.75) is 18.4 Å². The van der Waals surface area contributed by atoms with E-state index in [4.69, 9.17) is 5.11 Å². The predicted octanol–water partition coefficient (Wildman–Crippen LogP) is 1.64. The van der Waals surface area contributed by atoms with E-state index in [-0.39, 0.29) is 5.56 Å². The van der Waals surface area contributed by atoms with E-state index < -0.39 is 28.8 Å². The number of benzene rings is 1. The van der Waals surface area contributed by atoms with Crippen molar-refractivity contribution < 1.29 is 23.8 Å². The quantitative estimate of drug-likeness (QED) is 0.786. The summed E-state index contributed by atoms with van der Waals surface area (Å²) in [7, 11) is 0. The molecular weight excluding hydrogens is 206 g/mol. The number of carbonyl (C=O) groups is 1. The predicted molar refractivity (Wildman–Crippen MR) is 46.4 cm³/mol. The highest BCUT2D eigenvalue weighted by Gasteiger charge is 2.45. The van der Waals surface area contributed by atoms with Crippen molar-refractivity contribution in [3.63, 3.8) is 0 Å². The first kappa shape index (κ1) is 10.0. The van der Waals surface area contributed by atoms with Gasteiger partial charge in [0, 0.05) is 5.56 Å². The first-order valence-electron chi connectivity index (χ1n) is 4.40. The third-order valence-electron chi connectivity index (χ3n) is 2.54. The van der Waals surface area contributed by atoms with Crippen molar-refractivity contribution in [1.29, 1.82) is 0 Å². The van der Waals surface area contributed by atoms with Gasteiger partial charge in [0.15, 0.2) is 11.6 Å². The molecule has 15 heavy (non-hydrogen) atoms. The van der Waals surface area contributed by atoms with Crippen molar-refractivity contribution in [2.24, 2.45) is 0 Å². The Morgan fingerprint density at radius 1 is 1.27 bits per heavy atom. The second kappa shape index (κ2) is 3.00. The number of halogens is 2. The van der Waals surface area contributed by atoms with E-state index in [9.17, 15) is 18.7 Å². The van der Waals surface area contributed by atoms with Crippen LogP contribution in [0.5, 0.6) is 0 Å². The monoisotopic (exact) mass is 214 g/mol. The zero-order valence-corrected chi connectivity index (χ0v) is 7.63. The van der Waals surface area contributed by atoms with E-state index in [1.54, 1.807) is 0 Å². The lowest BCUT2D eigenvalue weighted by Crippen LogP contribution is -2.12. The van der Waals surface area contributed by atoms with Crippen molar-refractivity contribution >= 4 is 5.97 Å². The lowest BCUT2D eigenvalue weighted by Gasteiger charge is -2.10. The van der Waals surface area contributed by atoms with Crippen LogP contribution in [-0.4, -0.2) is 16.2 Å². The molecule has 0 aromatic heterocycles. The van der Waals surface area contributed by atoms with E-state index in [0.717, 1.165) is 12.1 Å². The minimum atomic E-state index is -1.53. The van der Waals surface area contributed by atoms with Crippen LogP contribution in [0.25, 0.3) is 0 Å². The molecule has 1 saturated carbocycles. The normalized spacial score (nSPS) is 17.5. The molecule has 1 aliphatic carbocycles. The molecule has 1 aromatic rings. The van der Waals surface area contributed by atoms with Gasteiger partial charge in [-0.3, -0.25) is 0 Å². The Balaban J connectivity index is 2.54. The van der Waals surface area contributed by atoms with Crippen LogP contribution < -0.4 is 0 Å². The molecule has 0 spiro atoms. The summed E-state index contributed by atoms with van der Waals surface area (Å²) in [4.78, 5) is 10.5. The number of hydrogen-bond acceptors (Lipinski definition) is 2. The Labute approximate surface area is 84.0 Å². The third kappa shape index (κ3) is 1.48. The standard InChI is InChI=1S/C10H8F2O3/c11-7-5(9(13)14)1-2-6(8(7)12)10(15)3-4-10/h1-2,15H,3-4H2,(H,13,14). The van der Waals surface area contributed by atoms with Crippen molar-refractivity contribution in [3.8, 4) is 0 Å². The Morgan fingerprint density at radius 3 is 2.33 bits per heavy atom. The maximum Gasteiger partial charge on any atom is 0.338 e. The van der Waals surface area contributed by atoms with E-state index in [2.05, 4.69) is 0 Å². The van der Waals surface area contributed by atoms with Crippen molar-refractivity contribution in [3.05, 3.63) is 34.9 Å². The molecule has 1 aromatic carbocycles. The molecule has 80 valence electrons. The first-order chi connectivity index (χ1) is 6.96. The summed E-state index contributed by atoms with van der Waals surface area (Å²) in [5.41, 5.74) is -2.19. The van der Waals surface area contributed by atoms with Crippen LogP contribution >= 0.6 is 0 Å². The van der Waals surface area contributed by atoms with Crippen molar-refractivity contribution in [2.75, 3.05) is 0 Å². The fraction of sp³-hybridized carbons (Fsp3) is 0.300. The van der Waals surface area contributed by atoms with Crippen LogP contribution in [0.15, 0.2) is 12.1 Å². The number of aromatic carboxylic acids is 1. The maximum atomic E-state index is 13.4. The van der Waals surface area contributed by atoms with Crippen LogP contribution in [0.3, 0.4) is 0 Å². The van der Waals surface area contributed by atoms with Crippen LogP contribution in [0, 0.1) is 11.6 Å². The minimum Gasteiger partial charge on any atom is -0.478 e. The summed E-state index contributed by atoms with van der Waals surface area (Å²) < 4.78 is 26.6. The molecule has 0 bridgehead atoms. The third-order valence-corrected chi connectivity index (χ3v) is 2.54. The Hall–Kier alpha value is -1.49. The summed E-state index contributed by atoms with van der Waals surface area (Å²) in [6.45, 7) is 0. The van der Waals surface area contributed by atoms with Gasteiger partial charge in [0.2, 0.25) is 0 Å². The molecule has 3 nitrogen and oxygen atoms in total. The molecule has 0 amide bonds. The van der Waals surface area contributed by atoms with E-state index in [1.165, 1.54) is 0 Å². The lowest BCUT2D eigenvalue weighted by atomic mass is 10.0. The minimum absolute atomic E-state index is 0.162. The van der Waals surface area contributed by atoms with Gasteiger partial charge in [-0.15, -0.1) is 0 Å². The number of rotatable bonds is 2. The topological polar surface area (TPSA) is 57.5 Å². The molecule has 0 aliphatic heterocycles. The van der Waals surface area contributed by atoms with Gasteiger partial charge in [0.25, 0.3) is 0 Å². The fourth-order valence-electron chi connectivity index (χ4n) is 1.46. The van der Waals surface area contributed by atoms with Gasteiger partial charge >= 0.3 is 5.97 Å². The number of aliphatic hydroxyl groups is 1. The van der Waals surface area contributed by atoms with Crippen LogP contribution in [-0.2, 0) is 5.60 Å². The SMILES string of the molecule is O=C(O)c1ccc(C2(O)CC2)c(F)c1F. The molecule has 1 aliphatic rings. The number of carboxylic acids is 1. The summed E-state index contributed by atoms with van der Waals surface area (Å²) in [6, 6.07) is 2.08. The zero-order valence-electron chi connectivity index (χ0n) is 7.63. The molecule has 2 rings (SSSR count). The Kier molecular flexibility index (Phi) is 2.01. The second-order valence-corrected chi connectivity index (χ2v) is 3.63.